The van der Waals surface area contributed by atoms with Crippen molar-refractivity contribution < 1.29 is 33.7 Å². The van der Waals surface area contributed by atoms with Gasteiger partial charge in [0, 0.05) is 23.4 Å². The van der Waals surface area contributed by atoms with Gasteiger partial charge >= 0.3 is 6.09 Å². The number of hydrogen-bond donors (Lipinski definition) is 3. The lowest BCUT2D eigenvalue weighted by Crippen LogP contribution is -2.56. The highest BCUT2D eigenvalue weighted by atomic mass is 19.1. The van der Waals surface area contributed by atoms with Gasteiger partial charge < -0.3 is 25.0 Å². The minimum Gasteiger partial charge on any atom is -0.442 e. The van der Waals surface area contributed by atoms with Crippen molar-refractivity contribution in [2.75, 3.05) is 31.6 Å². The van der Waals surface area contributed by atoms with Crippen LogP contribution in [0.3, 0.4) is 0 Å². The molecule has 1 aromatic carbocycles. The molecule has 0 bridgehead atoms. The molecular weight excluding hydrogens is 539 g/mol. The van der Waals surface area contributed by atoms with E-state index in [1.165, 1.54) is 22.0 Å². The first-order chi connectivity index (χ1) is 19.6. The molecule has 15 heteroatoms. The van der Waals surface area contributed by atoms with Crippen LogP contribution in [0.5, 0.6) is 0 Å². The lowest BCUT2D eigenvalue weighted by molar-refractivity contribution is -0.231. The number of rotatable bonds is 8. The second-order valence-corrected chi connectivity index (χ2v) is 10.2. The molecule has 0 spiro atoms. The van der Waals surface area contributed by atoms with E-state index in [9.17, 15) is 19.8 Å². The summed E-state index contributed by atoms with van der Waals surface area (Å²) in [6.07, 6.45) is -2.05. The maximum absolute atomic E-state index is 15.1. The number of aliphatic hydroxyl groups excluding tert-OH is 2. The van der Waals surface area contributed by atoms with E-state index in [1.807, 2.05) is 0 Å². The van der Waals surface area contributed by atoms with Gasteiger partial charge in [0.2, 0.25) is 11.7 Å². The summed E-state index contributed by atoms with van der Waals surface area (Å²) in [5, 5.41) is 34.6. The highest BCUT2D eigenvalue weighted by molar-refractivity contribution is 5.90. The number of hydrogen-bond acceptors (Lipinski definition) is 11. The standard InChI is InChI=1S/C26H31FN8O6/c1-14-8-21(23(37)25(38)40-14)33(2)13-22(36)29-11-17-12-35(26(39)41-17)16-5-6-18(19(27)9-16)15-4-7-20(28-10-15)24-30-32-34(3)31-24/h4-7,9-10,14,17,21,23,25,37-38H,8,11-13H2,1-3H3,(H,29,36)/t14-,17+,21+,23-,25-/m1/s1. The van der Waals surface area contributed by atoms with Crippen molar-refractivity contribution in [2.45, 2.75) is 44.0 Å². The third-order valence-corrected chi connectivity index (χ3v) is 7.07. The molecule has 0 saturated carbocycles. The number of aryl methyl sites for hydroxylation is 1. The second kappa shape index (κ2) is 11.8. The third-order valence-electron chi connectivity index (χ3n) is 7.07. The number of carbonyl (C=O) groups is 2. The zero-order chi connectivity index (χ0) is 29.3. The first-order valence-corrected chi connectivity index (χ1v) is 13.1. The second-order valence-electron chi connectivity index (χ2n) is 10.2. The van der Waals surface area contributed by atoms with Crippen LogP contribution in [0.1, 0.15) is 13.3 Å². The van der Waals surface area contributed by atoms with E-state index in [0.717, 1.165) is 0 Å². The number of likely N-dealkylation sites (N-methyl/N-ethyl adjacent to an activating group) is 1. The Kier molecular flexibility index (Phi) is 8.21. The Morgan fingerprint density at radius 3 is 2.76 bits per heavy atom. The number of nitrogens with one attached hydrogen (secondary N) is 1. The third kappa shape index (κ3) is 6.32. The van der Waals surface area contributed by atoms with Crippen LogP contribution in [0.25, 0.3) is 22.6 Å². The Labute approximate surface area is 234 Å². The van der Waals surface area contributed by atoms with Crippen LogP contribution in [-0.2, 0) is 21.3 Å². The van der Waals surface area contributed by atoms with Crippen LogP contribution in [0.2, 0.25) is 0 Å². The van der Waals surface area contributed by atoms with Gasteiger partial charge in [-0.05, 0) is 49.9 Å². The molecule has 3 N–H and O–H groups in total. The van der Waals surface area contributed by atoms with Crippen molar-refractivity contribution >= 4 is 17.7 Å². The predicted octanol–water partition coefficient (Wildman–Crippen LogP) is 0.308. The van der Waals surface area contributed by atoms with Gasteiger partial charge in [-0.25, -0.2) is 9.18 Å². The van der Waals surface area contributed by atoms with Crippen molar-refractivity contribution in [3.63, 3.8) is 0 Å². The highest BCUT2D eigenvalue weighted by Crippen LogP contribution is 2.29. The fraction of sp³-hybridized carbons (Fsp3) is 0.462. The largest absolute Gasteiger partial charge is 0.442 e. The van der Waals surface area contributed by atoms with Crippen molar-refractivity contribution in [2.24, 2.45) is 7.05 Å². The summed E-state index contributed by atoms with van der Waals surface area (Å²) in [4.78, 5) is 33.6. The fourth-order valence-corrected chi connectivity index (χ4v) is 4.93. The quantitative estimate of drug-likeness (QED) is 0.341. The van der Waals surface area contributed by atoms with Gasteiger partial charge in [-0.15, -0.1) is 10.2 Å². The Bertz CT molecular complexity index is 1400. The summed E-state index contributed by atoms with van der Waals surface area (Å²) in [6, 6.07) is 7.33. The summed E-state index contributed by atoms with van der Waals surface area (Å²) in [6.45, 7) is 1.92. The predicted molar refractivity (Wildman–Crippen MR) is 142 cm³/mol. The van der Waals surface area contributed by atoms with Crippen LogP contribution in [0.15, 0.2) is 36.5 Å². The molecule has 218 valence electrons. The zero-order valence-electron chi connectivity index (χ0n) is 22.7. The molecular formula is C26H31FN8O6. The molecule has 0 unspecified atom stereocenters. The van der Waals surface area contributed by atoms with Crippen LogP contribution in [-0.4, -0.2) is 110 Å². The number of aromatic nitrogens is 5. The molecule has 5 atom stereocenters. The van der Waals surface area contributed by atoms with E-state index in [-0.39, 0.29) is 31.6 Å². The summed E-state index contributed by atoms with van der Waals surface area (Å²) in [7, 11) is 3.32. The van der Waals surface area contributed by atoms with Gasteiger partial charge in [0.25, 0.3) is 0 Å². The molecule has 2 amide bonds. The SMILES string of the molecule is C[C@@H]1C[C@H](N(C)CC(=O)NC[C@H]2CN(c3ccc(-c4ccc(-c5nnn(C)n5)nc4)c(F)c3)C(=O)O2)[C@@H](O)[C@H](O)O1. The van der Waals surface area contributed by atoms with Crippen LogP contribution >= 0.6 is 0 Å². The molecule has 5 rings (SSSR count). The molecule has 2 saturated heterocycles. The van der Waals surface area contributed by atoms with E-state index >= 15 is 4.39 Å². The molecule has 2 aliphatic rings. The first-order valence-electron chi connectivity index (χ1n) is 13.1. The number of nitrogens with zero attached hydrogens (tertiary/aromatic N) is 7. The van der Waals surface area contributed by atoms with Crippen molar-refractivity contribution in [3.8, 4) is 22.6 Å². The number of cyclic esters (lactones) is 1. The topological polar surface area (TPSA) is 168 Å². The Morgan fingerprint density at radius 1 is 1.27 bits per heavy atom. The van der Waals surface area contributed by atoms with E-state index < -0.39 is 36.5 Å². The molecule has 2 aromatic heterocycles. The number of carbonyl (C=O) groups excluding carboxylic acids is 2. The Hall–Kier alpha value is -4.05. The van der Waals surface area contributed by atoms with Gasteiger partial charge in [-0.2, -0.15) is 4.80 Å². The number of ether oxygens (including phenoxy) is 2. The summed E-state index contributed by atoms with van der Waals surface area (Å²) in [5.41, 5.74) is 1.66. The van der Waals surface area contributed by atoms with E-state index in [4.69, 9.17) is 9.47 Å². The number of anilines is 1. The van der Waals surface area contributed by atoms with E-state index in [2.05, 4.69) is 25.7 Å². The van der Waals surface area contributed by atoms with E-state index in [1.54, 1.807) is 50.2 Å². The lowest BCUT2D eigenvalue weighted by atomic mass is 9.99. The summed E-state index contributed by atoms with van der Waals surface area (Å²) in [5.74, 6) is -0.530. The smallest absolute Gasteiger partial charge is 0.414 e. The van der Waals surface area contributed by atoms with Crippen LogP contribution < -0.4 is 10.2 Å². The minimum atomic E-state index is -1.32. The molecule has 2 fully saturated rings. The van der Waals surface area contributed by atoms with Gasteiger partial charge in [0.05, 0.1) is 38.5 Å². The normalized spacial score (nSPS) is 24.5. The molecule has 4 heterocycles. The fourth-order valence-electron chi connectivity index (χ4n) is 4.93. The number of amides is 2. The summed E-state index contributed by atoms with van der Waals surface area (Å²) >= 11 is 0. The molecule has 41 heavy (non-hydrogen) atoms. The molecule has 3 aromatic rings. The number of benzene rings is 1. The van der Waals surface area contributed by atoms with Gasteiger partial charge in [-0.1, -0.05) is 6.07 Å². The van der Waals surface area contributed by atoms with Gasteiger partial charge in [0.15, 0.2) is 6.29 Å². The van der Waals surface area contributed by atoms with Crippen LogP contribution in [0.4, 0.5) is 14.9 Å². The Morgan fingerprint density at radius 2 is 2.07 bits per heavy atom. The van der Waals surface area contributed by atoms with Gasteiger partial charge in [0.1, 0.15) is 23.7 Å². The Balaban J connectivity index is 1.15. The average Bonchev–Trinajstić information content (AvgIpc) is 3.54. The maximum atomic E-state index is 15.1. The van der Waals surface area contributed by atoms with Crippen molar-refractivity contribution in [3.05, 3.63) is 42.3 Å². The molecule has 0 radical (unpaired) electrons. The molecule has 0 aliphatic carbocycles. The van der Waals surface area contributed by atoms with E-state index in [0.29, 0.717) is 34.8 Å². The number of aliphatic hydroxyl groups is 2. The number of pyridine rings is 1. The maximum Gasteiger partial charge on any atom is 0.414 e. The lowest BCUT2D eigenvalue weighted by Gasteiger charge is -2.40. The number of tetrazole rings is 1. The molecule has 2 aliphatic heterocycles. The number of halogens is 1. The monoisotopic (exact) mass is 570 g/mol. The highest BCUT2D eigenvalue weighted by Gasteiger charge is 2.38. The summed E-state index contributed by atoms with van der Waals surface area (Å²) < 4.78 is 25.7. The van der Waals surface area contributed by atoms with Crippen LogP contribution in [0, 0.1) is 5.82 Å². The average molecular weight is 571 g/mol. The first kappa shape index (κ1) is 28.5. The zero-order valence-corrected chi connectivity index (χ0v) is 22.7. The van der Waals surface area contributed by atoms with Gasteiger partial charge in [-0.3, -0.25) is 19.6 Å². The minimum absolute atomic E-state index is 0.0384. The van der Waals surface area contributed by atoms with Crippen molar-refractivity contribution in [1.29, 1.82) is 0 Å². The van der Waals surface area contributed by atoms with Crippen molar-refractivity contribution in [1.82, 2.24) is 35.4 Å². The molecule has 14 nitrogen and oxygen atoms in total.